The molecule has 1 aromatic heterocycles. The van der Waals surface area contributed by atoms with E-state index < -0.39 is 0 Å². The van der Waals surface area contributed by atoms with Gasteiger partial charge in [0.25, 0.3) is 0 Å². The third kappa shape index (κ3) is 3.07. The molecule has 118 valence electrons. The predicted molar refractivity (Wildman–Crippen MR) is 89.0 cm³/mol. The topological polar surface area (TPSA) is 60.5 Å². The molecule has 6 heteroatoms. The van der Waals surface area contributed by atoms with E-state index in [0.29, 0.717) is 10.9 Å². The normalized spacial score (nSPS) is 15.7. The Morgan fingerprint density at radius 2 is 2.09 bits per heavy atom. The van der Waals surface area contributed by atoms with Gasteiger partial charge >= 0.3 is 0 Å². The summed E-state index contributed by atoms with van der Waals surface area (Å²) < 4.78 is 10.6. The Hall–Kier alpha value is -2.34. The zero-order valence-corrected chi connectivity index (χ0v) is 13.3. The van der Waals surface area contributed by atoms with Gasteiger partial charge in [0, 0.05) is 11.0 Å². The molecule has 0 unspecified atom stereocenters. The zero-order valence-electron chi connectivity index (χ0n) is 12.5. The van der Waals surface area contributed by atoms with Crippen molar-refractivity contribution in [3.8, 4) is 11.5 Å². The first-order valence-corrected chi connectivity index (χ1v) is 8.47. The molecular weight excluding hydrogens is 312 g/mol. The molecular formula is C17H16N2O3S. The summed E-state index contributed by atoms with van der Waals surface area (Å²) in [7, 11) is 0. The number of anilines is 1. The van der Waals surface area contributed by atoms with Crippen molar-refractivity contribution in [3.63, 3.8) is 0 Å². The summed E-state index contributed by atoms with van der Waals surface area (Å²) in [4.78, 5) is 17.9. The number of hydrogen-bond acceptors (Lipinski definition) is 5. The van der Waals surface area contributed by atoms with Gasteiger partial charge in [-0.15, -0.1) is 11.3 Å². The van der Waals surface area contributed by atoms with Crippen LogP contribution in [0.2, 0.25) is 0 Å². The van der Waals surface area contributed by atoms with Crippen molar-refractivity contribution in [1.82, 2.24) is 4.98 Å². The summed E-state index contributed by atoms with van der Waals surface area (Å²) in [6.45, 7) is 0.248. The summed E-state index contributed by atoms with van der Waals surface area (Å²) in [6.07, 6.45) is 7.77. The molecule has 0 bridgehead atoms. The number of fused-ring (bicyclic) bond motifs is 2. The number of amides is 1. The maximum absolute atomic E-state index is 12.0. The van der Waals surface area contributed by atoms with Crippen LogP contribution in [0.5, 0.6) is 11.5 Å². The summed E-state index contributed by atoms with van der Waals surface area (Å²) >= 11 is 1.59. The smallest absolute Gasteiger partial charge is 0.250 e. The molecule has 5 nitrogen and oxygen atoms in total. The quantitative estimate of drug-likeness (QED) is 0.877. The van der Waals surface area contributed by atoms with Crippen LogP contribution in [-0.4, -0.2) is 17.7 Å². The lowest BCUT2D eigenvalue weighted by Crippen LogP contribution is -2.07. The minimum absolute atomic E-state index is 0.172. The second kappa shape index (κ2) is 6.04. The lowest BCUT2D eigenvalue weighted by atomic mass is 10.0. The molecule has 2 heterocycles. The van der Waals surface area contributed by atoms with Crippen LogP contribution in [0.15, 0.2) is 24.3 Å². The first-order valence-electron chi connectivity index (χ1n) is 7.65. The molecule has 0 atom stereocenters. The fraction of sp³-hybridized carbons (Fsp3) is 0.294. The van der Waals surface area contributed by atoms with Gasteiger partial charge in [-0.2, -0.15) is 0 Å². The van der Waals surface area contributed by atoms with Crippen molar-refractivity contribution in [2.24, 2.45) is 0 Å². The van der Waals surface area contributed by atoms with Gasteiger partial charge in [0.2, 0.25) is 12.7 Å². The maximum Gasteiger partial charge on any atom is 0.250 e. The number of rotatable bonds is 3. The highest BCUT2D eigenvalue weighted by molar-refractivity contribution is 7.15. The molecule has 0 saturated carbocycles. The van der Waals surface area contributed by atoms with Gasteiger partial charge in [-0.3, -0.25) is 10.1 Å². The molecule has 0 radical (unpaired) electrons. The van der Waals surface area contributed by atoms with E-state index in [1.54, 1.807) is 17.4 Å². The van der Waals surface area contributed by atoms with Crippen LogP contribution in [0, 0.1) is 0 Å². The Kier molecular flexibility index (Phi) is 3.75. The second-order valence-corrected chi connectivity index (χ2v) is 6.61. The number of nitrogens with one attached hydrogen (secondary N) is 1. The van der Waals surface area contributed by atoms with Gasteiger partial charge in [-0.05, 0) is 49.5 Å². The van der Waals surface area contributed by atoms with Gasteiger partial charge in [-0.25, -0.2) is 4.98 Å². The van der Waals surface area contributed by atoms with E-state index in [9.17, 15) is 4.79 Å². The third-order valence-corrected chi connectivity index (χ3v) is 4.97. The van der Waals surface area contributed by atoms with Crippen molar-refractivity contribution < 1.29 is 14.3 Å². The molecule has 1 aliphatic carbocycles. The fourth-order valence-corrected chi connectivity index (χ4v) is 3.79. The van der Waals surface area contributed by atoms with Crippen LogP contribution in [0.1, 0.15) is 29.0 Å². The van der Waals surface area contributed by atoms with E-state index in [1.807, 2.05) is 18.2 Å². The molecule has 0 saturated heterocycles. The van der Waals surface area contributed by atoms with Crippen LogP contribution in [-0.2, 0) is 17.6 Å². The number of hydrogen-bond donors (Lipinski definition) is 1. The molecule has 1 aliphatic heterocycles. The van der Waals surface area contributed by atoms with E-state index in [4.69, 9.17) is 9.47 Å². The van der Waals surface area contributed by atoms with Crippen LogP contribution >= 0.6 is 11.3 Å². The van der Waals surface area contributed by atoms with Gasteiger partial charge in [0.15, 0.2) is 16.6 Å². The van der Waals surface area contributed by atoms with Gasteiger partial charge in [-0.1, -0.05) is 6.07 Å². The average Bonchev–Trinajstić information content (AvgIpc) is 3.18. The Labute approximate surface area is 138 Å². The standard InChI is InChI=1S/C17H16N2O3S/c20-16(19-17-18-12-3-1-2-4-15(12)23-17)8-6-11-5-7-13-14(9-11)22-10-21-13/h5-9H,1-4,10H2,(H,18,19,20). The fourth-order valence-electron chi connectivity index (χ4n) is 2.74. The van der Waals surface area contributed by atoms with Crippen molar-refractivity contribution >= 4 is 28.5 Å². The number of ether oxygens (including phenoxy) is 2. The second-order valence-electron chi connectivity index (χ2n) is 5.53. The Morgan fingerprint density at radius 1 is 1.22 bits per heavy atom. The predicted octanol–water partition coefficient (Wildman–Crippen LogP) is 3.40. The number of carbonyl (C=O) groups excluding carboxylic acids is 1. The molecule has 4 rings (SSSR count). The lowest BCUT2D eigenvalue weighted by molar-refractivity contribution is -0.111. The van der Waals surface area contributed by atoms with E-state index >= 15 is 0 Å². The number of thiazole rings is 1. The first kappa shape index (κ1) is 14.3. The Balaban J connectivity index is 1.42. The van der Waals surface area contributed by atoms with E-state index in [-0.39, 0.29) is 12.7 Å². The van der Waals surface area contributed by atoms with Crippen LogP contribution in [0.25, 0.3) is 6.08 Å². The van der Waals surface area contributed by atoms with Gasteiger partial charge < -0.3 is 9.47 Å². The van der Waals surface area contributed by atoms with Crippen molar-refractivity contribution in [1.29, 1.82) is 0 Å². The monoisotopic (exact) mass is 328 g/mol. The van der Waals surface area contributed by atoms with Crippen LogP contribution in [0.4, 0.5) is 5.13 Å². The highest BCUT2D eigenvalue weighted by atomic mass is 32.1. The largest absolute Gasteiger partial charge is 0.454 e. The van der Waals surface area contributed by atoms with Crippen LogP contribution in [0.3, 0.4) is 0 Å². The number of aryl methyl sites for hydroxylation is 2. The van der Waals surface area contributed by atoms with Gasteiger partial charge in [0.1, 0.15) is 0 Å². The minimum atomic E-state index is -0.172. The van der Waals surface area contributed by atoms with E-state index in [1.165, 1.54) is 23.8 Å². The van der Waals surface area contributed by atoms with E-state index in [0.717, 1.165) is 29.8 Å². The number of aromatic nitrogens is 1. The maximum atomic E-state index is 12.0. The molecule has 0 spiro atoms. The molecule has 23 heavy (non-hydrogen) atoms. The molecule has 1 amide bonds. The average molecular weight is 328 g/mol. The number of carbonyl (C=O) groups is 1. The molecule has 2 aromatic rings. The molecule has 0 fully saturated rings. The highest BCUT2D eigenvalue weighted by Crippen LogP contribution is 2.33. The summed E-state index contributed by atoms with van der Waals surface area (Å²) in [5.74, 6) is 1.27. The Morgan fingerprint density at radius 3 is 3.00 bits per heavy atom. The summed E-state index contributed by atoms with van der Waals surface area (Å²) in [5.41, 5.74) is 2.04. The van der Waals surface area contributed by atoms with Crippen molar-refractivity contribution in [2.45, 2.75) is 25.7 Å². The van der Waals surface area contributed by atoms with Crippen molar-refractivity contribution in [2.75, 3.05) is 12.1 Å². The van der Waals surface area contributed by atoms with Crippen LogP contribution < -0.4 is 14.8 Å². The first-order chi connectivity index (χ1) is 11.3. The minimum Gasteiger partial charge on any atom is -0.454 e. The van der Waals surface area contributed by atoms with Gasteiger partial charge in [0.05, 0.1) is 5.69 Å². The lowest BCUT2D eigenvalue weighted by Gasteiger charge is -2.06. The summed E-state index contributed by atoms with van der Waals surface area (Å²) in [5, 5.41) is 3.54. The molecule has 1 N–H and O–H groups in total. The highest BCUT2D eigenvalue weighted by Gasteiger charge is 2.16. The third-order valence-electron chi connectivity index (χ3n) is 3.90. The number of nitrogens with zero attached hydrogens (tertiary/aromatic N) is 1. The van der Waals surface area contributed by atoms with E-state index in [2.05, 4.69) is 10.3 Å². The number of benzene rings is 1. The zero-order chi connectivity index (χ0) is 15.6. The van der Waals surface area contributed by atoms with Crippen molar-refractivity contribution in [3.05, 3.63) is 40.4 Å². The summed E-state index contributed by atoms with van der Waals surface area (Å²) in [6, 6.07) is 5.59. The Bertz CT molecular complexity index is 759. The molecule has 1 aromatic carbocycles. The SMILES string of the molecule is O=C(C=Cc1ccc2c(c1)OCO2)Nc1nc2c(s1)CCCC2. The molecule has 2 aliphatic rings.